The number of hydrogen-bond donors (Lipinski definition) is 1. The van der Waals surface area contributed by atoms with Gasteiger partial charge in [0.2, 0.25) is 15.9 Å². The number of thiazole rings is 1. The zero-order valence-corrected chi connectivity index (χ0v) is 18.6. The maximum absolute atomic E-state index is 13.1. The van der Waals surface area contributed by atoms with Crippen molar-refractivity contribution in [2.45, 2.75) is 49.0 Å². The second-order valence-corrected chi connectivity index (χ2v) is 10.9. The molecule has 0 bridgehead atoms. The molecule has 2 aliphatic rings. The van der Waals surface area contributed by atoms with E-state index in [4.69, 9.17) is 4.74 Å². The maximum atomic E-state index is 13.1. The van der Waals surface area contributed by atoms with Crippen molar-refractivity contribution in [1.82, 2.24) is 9.29 Å². The van der Waals surface area contributed by atoms with Gasteiger partial charge in [0.1, 0.15) is 0 Å². The Balaban J connectivity index is 1.55. The number of sulfonamides is 1. The van der Waals surface area contributed by atoms with E-state index in [9.17, 15) is 13.2 Å². The molecule has 1 atom stereocenters. The average Bonchev–Trinajstić information content (AvgIpc) is 3.49. The van der Waals surface area contributed by atoms with Crippen molar-refractivity contribution in [2.75, 3.05) is 25.6 Å². The SMILES string of the molecule is CN(C1CC1)S(=O)(=O)c1ccc(C(CC2CCOCC2)C(=O)Nc2nccs2)cc1. The van der Waals surface area contributed by atoms with Crippen molar-refractivity contribution in [3.05, 3.63) is 41.4 Å². The van der Waals surface area contributed by atoms with E-state index >= 15 is 0 Å². The third kappa shape index (κ3) is 4.91. The quantitative estimate of drug-likeness (QED) is 0.667. The van der Waals surface area contributed by atoms with Crippen LogP contribution in [0.15, 0.2) is 40.7 Å². The summed E-state index contributed by atoms with van der Waals surface area (Å²) in [5.74, 6) is -0.0766. The van der Waals surface area contributed by atoms with Gasteiger partial charge in [-0.1, -0.05) is 12.1 Å². The number of aromatic nitrogens is 1. The van der Waals surface area contributed by atoms with Crippen LogP contribution in [0, 0.1) is 5.92 Å². The fraction of sp³-hybridized carbons (Fsp3) is 0.524. The summed E-state index contributed by atoms with van der Waals surface area (Å²) in [7, 11) is -1.86. The number of nitrogens with zero attached hydrogens (tertiary/aromatic N) is 2. The number of carbonyl (C=O) groups excluding carboxylic acids is 1. The summed E-state index contributed by atoms with van der Waals surface area (Å²) in [5.41, 5.74) is 0.823. The van der Waals surface area contributed by atoms with E-state index in [0.29, 0.717) is 17.5 Å². The van der Waals surface area contributed by atoms with Gasteiger partial charge in [0, 0.05) is 37.9 Å². The van der Waals surface area contributed by atoms with Gasteiger partial charge in [0.05, 0.1) is 10.8 Å². The lowest BCUT2D eigenvalue weighted by atomic mass is 9.84. The summed E-state index contributed by atoms with van der Waals surface area (Å²) >= 11 is 1.38. The molecule has 7 nitrogen and oxygen atoms in total. The van der Waals surface area contributed by atoms with Crippen molar-refractivity contribution in [1.29, 1.82) is 0 Å². The standard InChI is InChI=1S/C21H27N3O4S2/c1-24(17-4-5-17)30(26,27)18-6-2-16(3-7-18)19(14-15-8-11-28-12-9-15)20(25)23-21-22-10-13-29-21/h2-3,6-7,10,13,15,17,19H,4-5,8-9,11-12,14H2,1H3,(H,22,23,25). The number of amides is 1. The van der Waals surface area contributed by atoms with Crippen LogP contribution in [0.25, 0.3) is 0 Å². The highest BCUT2D eigenvalue weighted by Crippen LogP contribution is 2.33. The summed E-state index contributed by atoms with van der Waals surface area (Å²) in [6, 6.07) is 6.91. The predicted molar refractivity (Wildman–Crippen MR) is 116 cm³/mol. The molecule has 1 aromatic heterocycles. The molecule has 1 amide bonds. The van der Waals surface area contributed by atoms with Gasteiger partial charge in [0.15, 0.2) is 5.13 Å². The minimum Gasteiger partial charge on any atom is -0.381 e. The van der Waals surface area contributed by atoms with E-state index in [1.165, 1.54) is 15.6 Å². The highest BCUT2D eigenvalue weighted by molar-refractivity contribution is 7.89. The molecule has 1 N–H and O–H groups in total. The average molecular weight is 450 g/mol. The molecule has 1 saturated heterocycles. The van der Waals surface area contributed by atoms with Crippen molar-refractivity contribution in [3.8, 4) is 0 Å². The van der Waals surface area contributed by atoms with Crippen LogP contribution in [0.2, 0.25) is 0 Å². The monoisotopic (exact) mass is 449 g/mol. The molecule has 2 heterocycles. The fourth-order valence-corrected chi connectivity index (χ4v) is 5.81. The lowest BCUT2D eigenvalue weighted by molar-refractivity contribution is -0.118. The lowest BCUT2D eigenvalue weighted by Crippen LogP contribution is -2.29. The second-order valence-electron chi connectivity index (χ2n) is 7.99. The summed E-state index contributed by atoms with van der Waals surface area (Å²) in [4.78, 5) is 17.5. The van der Waals surface area contributed by atoms with Crippen LogP contribution >= 0.6 is 11.3 Å². The summed E-state index contributed by atoms with van der Waals surface area (Å²) in [6.07, 6.45) is 6.05. The van der Waals surface area contributed by atoms with Crippen molar-refractivity contribution < 1.29 is 17.9 Å². The molecule has 2 fully saturated rings. The first-order valence-corrected chi connectivity index (χ1v) is 12.6. The molecule has 1 saturated carbocycles. The van der Waals surface area contributed by atoms with Crippen molar-refractivity contribution >= 4 is 32.4 Å². The molecule has 1 aliphatic heterocycles. The normalized spacial score (nSPS) is 19.0. The first-order valence-electron chi connectivity index (χ1n) is 10.3. The topological polar surface area (TPSA) is 88.6 Å². The molecular weight excluding hydrogens is 422 g/mol. The number of hydrogen-bond acceptors (Lipinski definition) is 6. The van der Waals surface area contributed by atoms with E-state index in [-0.39, 0.29) is 22.8 Å². The minimum absolute atomic E-state index is 0.109. The van der Waals surface area contributed by atoms with Gasteiger partial charge in [-0.2, -0.15) is 4.31 Å². The smallest absolute Gasteiger partial charge is 0.243 e. The number of carbonyl (C=O) groups is 1. The maximum Gasteiger partial charge on any atom is 0.243 e. The number of anilines is 1. The third-order valence-corrected chi connectivity index (χ3v) is 8.52. The second kappa shape index (κ2) is 9.13. The van der Waals surface area contributed by atoms with Crippen molar-refractivity contribution in [2.24, 2.45) is 5.92 Å². The Kier molecular flexibility index (Phi) is 6.52. The van der Waals surface area contributed by atoms with E-state index in [1.807, 2.05) is 5.38 Å². The zero-order chi connectivity index (χ0) is 21.1. The number of benzene rings is 1. The van der Waals surface area contributed by atoms with Crippen LogP contribution in [0.4, 0.5) is 5.13 Å². The summed E-state index contributed by atoms with van der Waals surface area (Å²) in [5, 5.41) is 5.30. The molecule has 9 heteroatoms. The van der Waals surface area contributed by atoms with E-state index in [1.54, 1.807) is 37.5 Å². The Morgan fingerprint density at radius 3 is 2.53 bits per heavy atom. The Labute approximate surface area is 181 Å². The zero-order valence-electron chi connectivity index (χ0n) is 17.0. The summed E-state index contributed by atoms with van der Waals surface area (Å²) < 4.78 is 32.5. The van der Waals surface area contributed by atoms with Gasteiger partial charge in [-0.25, -0.2) is 13.4 Å². The van der Waals surface area contributed by atoms with Crippen LogP contribution < -0.4 is 5.32 Å². The molecular formula is C21H27N3O4S2. The molecule has 30 heavy (non-hydrogen) atoms. The lowest BCUT2D eigenvalue weighted by Gasteiger charge is -2.26. The number of nitrogens with one attached hydrogen (secondary N) is 1. The van der Waals surface area contributed by atoms with Crippen LogP contribution in [-0.2, 0) is 19.6 Å². The fourth-order valence-electron chi connectivity index (χ4n) is 3.86. The molecule has 4 rings (SSSR count). The van der Waals surface area contributed by atoms with Gasteiger partial charge in [-0.3, -0.25) is 4.79 Å². The first kappa shape index (κ1) is 21.4. The Bertz CT molecular complexity index is 951. The molecule has 2 aromatic rings. The molecule has 1 aliphatic carbocycles. The molecule has 162 valence electrons. The number of ether oxygens (including phenoxy) is 1. The van der Waals surface area contributed by atoms with Crippen LogP contribution in [-0.4, -0.2) is 49.9 Å². The van der Waals surface area contributed by atoms with Crippen molar-refractivity contribution in [3.63, 3.8) is 0 Å². The number of rotatable bonds is 8. The van der Waals surface area contributed by atoms with Gasteiger partial charge in [-0.05, 0) is 55.7 Å². The summed E-state index contributed by atoms with van der Waals surface area (Å²) in [6.45, 7) is 1.44. The Hall–Kier alpha value is -1.81. The Morgan fingerprint density at radius 1 is 1.23 bits per heavy atom. The first-order chi connectivity index (χ1) is 14.4. The van der Waals surface area contributed by atoms with E-state index in [2.05, 4.69) is 10.3 Å². The van der Waals surface area contributed by atoms with E-state index < -0.39 is 10.0 Å². The van der Waals surface area contributed by atoms with Gasteiger partial charge in [-0.15, -0.1) is 11.3 Å². The Morgan fingerprint density at radius 2 is 1.93 bits per heavy atom. The third-order valence-electron chi connectivity index (χ3n) is 5.91. The highest BCUT2D eigenvalue weighted by atomic mass is 32.2. The van der Waals surface area contributed by atoms with Gasteiger partial charge >= 0.3 is 0 Å². The molecule has 1 aromatic carbocycles. The van der Waals surface area contributed by atoms with E-state index in [0.717, 1.165) is 44.5 Å². The minimum atomic E-state index is -3.50. The highest BCUT2D eigenvalue weighted by Gasteiger charge is 2.35. The molecule has 0 radical (unpaired) electrons. The van der Waals surface area contributed by atoms with Crippen LogP contribution in [0.3, 0.4) is 0 Å². The van der Waals surface area contributed by atoms with Gasteiger partial charge in [0.25, 0.3) is 0 Å². The van der Waals surface area contributed by atoms with Gasteiger partial charge < -0.3 is 10.1 Å². The van der Waals surface area contributed by atoms with Crippen LogP contribution in [0.5, 0.6) is 0 Å². The largest absolute Gasteiger partial charge is 0.381 e. The van der Waals surface area contributed by atoms with Crippen LogP contribution in [0.1, 0.15) is 43.6 Å². The molecule has 0 spiro atoms. The predicted octanol–water partition coefficient (Wildman–Crippen LogP) is 3.47. The molecule has 1 unspecified atom stereocenters.